The van der Waals surface area contributed by atoms with Gasteiger partial charge < -0.3 is 9.47 Å². The lowest BCUT2D eigenvalue weighted by molar-refractivity contribution is -0.142. The molecule has 0 aliphatic rings. The van der Waals surface area contributed by atoms with E-state index in [0.717, 1.165) is 0 Å². The van der Waals surface area contributed by atoms with E-state index in [-0.39, 0.29) is 18.7 Å². The Balaban J connectivity index is 3.08. The molecule has 6 heteroatoms. The number of hydrogen-bond acceptors (Lipinski definition) is 4. The van der Waals surface area contributed by atoms with Gasteiger partial charge in [-0.15, -0.1) is 0 Å². The third kappa shape index (κ3) is 3.38. The van der Waals surface area contributed by atoms with Crippen LogP contribution in [0.3, 0.4) is 0 Å². The Hall–Kier alpha value is -1.72. The Morgan fingerprint density at radius 2 is 2.17 bits per heavy atom. The van der Waals surface area contributed by atoms with Gasteiger partial charge in [0.05, 0.1) is 25.8 Å². The van der Waals surface area contributed by atoms with Gasteiger partial charge in [-0.2, -0.15) is 0 Å². The summed E-state index contributed by atoms with van der Waals surface area (Å²) in [5.41, 5.74) is 0.412. The second kappa shape index (κ2) is 6.28. The molecule has 0 amide bonds. The maximum absolute atomic E-state index is 12.6. The molecule has 0 fully saturated rings. The average molecular weight is 259 g/mol. The summed E-state index contributed by atoms with van der Waals surface area (Å²) in [4.78, 5) is 15.1. The zero-order chi connectivity index (χ0) is 13.7. The van der Waals surface area contributed by atoms with Crippen LogP contribution in [0.4, 0.5) is 8.78 Å². The minimum Gasteiger partial charge on any atom is -0.496 e. The molecule has 18 heavy (non-hydrogen) atoms. The van der Waals surface area contributed by atoms with E-state index in [4.69, 9.17) is 9.47 Å². The van der Waals surface area contributed by atoms with Gasteiger partial charge in [0.1, 0.15) is 11.4 Å². The molecule has 0 aliphatic heterocycles. The number of nitrogens with zero attached hydrogens (tertiary/aromatic N) is 1. The molecule has 1 aromatic rings. The maximum Gasteiger partial charge on any atom is 0.311 e. The standard InChI is InChI=1S/C12H15F2NO3/c1-4-18-11(16)6-8-7(2)10(17-3)5-9(15-8)12(13)14/h5,12H,4,6H2,1-3H3. The molecule has 0 unspecified atom stereocenters. The second-order valence-corrected chi connectivity index (χ2v) is 3.60. The Labute approximate surface area is 104 Å². The maximum atomic E-state index is 12.6. The molecule has 0 atom stereocenters. The molecule has 4 nitrogen and oxygen atoms in total. The van der Waals surface area contributed by atoms with Crippen LogP contribution in [0.5, 0.6) is 5.75 Å². The Morgan fingerprint density at radius 1 is 1.50 bits per heavy atom. The number of esters is 1. The Morgan fingerprint density at radius 3 is 2.67 bits per heavy atom. The lowest BCUT2D eigenvalue weighted by atomic mass is 10.1. The summed E-state index contributed by atoms with van der Waals surface area (Å²) < 4.78 is 35.1. The molecular weight excluding hydrogens is 244 g/mol. The van der Waals surface area contributed by atoms with E-state index in [0.29, 0.717) is 11.3 Å². The molecule has 0 bridgehead atoms. The lowest BCUT2D eigenvalue weighted by Gasteiger charge is -2.12. The van der Waals surface area contributed by atoms with Gasteiger partial charge in [0.2, 0.25) is 0 Å². The quantitative estimate of drug-likeness (QED) is 0.762. The zero-order valence-corrected chi connectivity index (χ0v) is 10.5. The highest BCUT2D eigenvalue weighted by Crippen LogP contribution is 2.27. The van der Waals surface area contributed by atoms with E-state index in [1.54, 1.807) is 13.8 Å². The topological polar surface area (TPSA) is 48.4 Å². The van der Waals surface area contributed by atoms with Crippen molar-refractivity contribution in [2.75, 3.05) is 13.7 Å². The molecule has 100 valence electrons. The van der Waals surface area contributed by atoms with Gasteiger partial charge in [-0.3, -0.25) is 9.78 Å². The number of aromatic nitrogens is 1. The van der Waals surface area contributed by atoms with Gasteiger partial charge in [-0.1, -0.05) is 0 Å². The summed E-state index contributed by atoms with van der Waals surface area (Å²) in [5, 5.41) is 0. The number of methoxy groups -OCH3 is 1. The van der Waals surface area contributed by atoms with Crippen molar-refractivity contribution in [3.05, 3.63) is 23.0 Å². The smallest absolute Gasteiger partial charge is 0.311 e. The highest BCUT2D eigenvalue weighted by molar-refractivity contribution is 5.72. The molecule has 1 aromatic heterocycles. The van der Waals surface area contributed by atoms with Gasteiger partial charge in [0, 0.05) is 11.6 Å². The average Bonchev–Trinajstić information content (AvgIpc) is 2.31. The van der Waals surface area contributed by atoms with Gasteiger partial charge >= 0.3 is 5.97 Å². The second-order valence-electron chi connectivity index (χ2n) is 3.60. The minimum absolute atomic E-state index is 0.142. The van der Waals surface area contributed by atoms with Gasteiger partial charge in [-0.05, 0) is 13.8 Å². The molecule has 0 radical (unpaired) electrons. The molecule has 0 aliphatic carbocycles. The normalized spacial score (nSPS) is 10.6. The highest BCUT2D eigenvalue weighted by atomic mass is 19.3. The molecule has 1 heterocycles. The summed E-state index contributed by atoms with van der Waals surface area (Å²) in [6.07, 6.45) is -2.85. The van der Waals surface area contributed by atoms with E-state index < -0.39 is 18.1 Å². The van der Waals surface area contributed by atoms with Crippen LogP contribution in [-0.2, 0) is 16.0 Å². The third-order valence-electron chi connectivity index (χ3n) is 2.41. The predicted octanol–water partition coefficient (Wildman–Crippen LogP) is 2.44. The monoisotopic (exact) mass is 259 g/mol. The van der Waals surface area contributed by atoms with E-state index in [1.165, 1.54) is 13.2 Å². The summed E-state index contributed by atoms with van der Waals surface area (Å²) in [6, 6.07) is 1.18. The number of ether oxygens (including phenoxy) is 2. The van der Waals surface area contributed by atoms with Crippen LogP contribution in [0.2, 0.25) is 0 Å². The van der Waals surface area contributed by atoms with Crippen molar-refractivity contribution >= 4 is 5.97 Å². The zero-order valence-electron chi connectivity index (χ0n) is 10.5. The van der Waals surface area contributed by atoms with E-state index >= 15 is 0 Å². The van der Waals surface area contributed by atoms with Gasteiger partial charge in [-0.25, -0.2) is 8.78 Å². The fraction of sp³-hybridized carbons (Fsp3) is 0.500. The van der Waals surface area contributed by atoms with Crippen LogP contribution in [0.15, 0.2) is 6.07 Å². The SMILES string of the molecule is CCOC(=O)Cc1nc(C(F)F)cc(OC)c1C. The van der Waals surface area contributed by atoms with Crippen LogP contribution in [0.1, 0.15) is 30.3 Å². The number of halogens is 2. The van der Waals surface area contributed by atoms with Crippen LogP contribution < -0.4 is 4.74 Å². The number of rotatable bonds is 5. The Kier molecular flexibility index (Phi) is 5.00. The number of pyridine rings is 1. The lowest BCUT2D eigenvalue weighted by Crippen LogP contribution is -2.11. The number of alkyl halides is 2. The van der Waals surface area contributed by atoms with Crippen molar-refractivity contribution in [1.29, 1.82) is 0 Å². The number of carbonyl (C=O) groups is 1. The summed E-state index contributed by atoms with van der Waals surface area (Å²) in [5.74, 6) is -0.207. The first-order chi connectivity index (χ1) is 8.49. The summed E-state index contributed by atoms with van der Waals surface area (Å²) in [6.45, 7) is 3.58. The van der Waals surface area contributed by atoms with Crippen LogP contribution in [-0.4, -0.2) is 24.7 Å². The van der Waals surface area contributed by atoms with Crippen LogP contribution in [0, 0.1) is 6.92 Å². The molecule has 0 spiro atoms. The summed E-state index contributed by atoms with van der Waals surface area (Å²) in [7, 11) is 1.38. The minimum atomic E-state index is -2.71. The molecular formula is C12H15F2NO3. The third-order valence-corrected chi connectivity index (χ3v) is 2.41. The van der Waals surface area contributed by atoms with Crippen LogP contribution >= 0.6 is 0 Å². The van der Waals surface area contributed by atoms with Crippen molar-refractivity contribution in [2.24, 2.45) is 0 Å². The number of carbonyl (C=O) groups excluding carboxylic acids is 1. The summed E-state index contributed by atoms with van der Waals surface area (Å²) >= 11 is 0. The van der Waals surface area contributed by atoms with Crippen molar-refractivity contribution in [3.8, 4) is 5.75 Å². The van der Waals surface area contributed by atoms with Crippen molar-refractivity contribution in [3.63, 3.8) is 0 Å². The van der Waals surface area contributed by atoms with Gasteiger partial charge in [0.25, 0.3) is 6.43 Å². The fourth-order valence-corrected chi connectivity index (χ4v) is 1.50. The van der Waals surface area contributed by atoms with E-state index in [2.05, 4.69) is 4.98 Å². The van der Waals surface area contributed by atoms with E-state index in [9.17, 15) is 13.6 Å². The van der Waals surface area contributed by atoms with Crippen molar-refractivity contribution in [1.82, 2.24) is 4.98 Å². The first kappa shape index (κ1) is 14.3. The Bertz CT molecular complexity index is 436. The highest BCUT2D eigenvalue weighted by Gasteiger charge is 2.18. The molecule has 0 saturated heterocycles. The van der Waals surface area contributed by atoms with Crippen molar-refractivity contribution in [2.45, 2.75) is 26.7 Å². The van der Waals surface area contributed by atoms with Gasteiger partial charge in [0.15, 0.2) is 0 Å². The molecule has 0 N–H and O–H groups in total. The first-order valence-corrected chi connectivity index (χ1v) is 5.47. The fourth-order valence-electron chi connectivity index (χ4n) is 1.50. The molecule has 0 aromatic carbocycles. The molecule has 1 rings (SSSR count). The van der Waals surface area contributed by atoms with Crippen LogP contribution in [0.25, 0.3) is 0 Å². The predicted molar refractivity (Wildman–Crippen MR) is 60.8 cm³/mol. The van der Waals surface area contributed by atoms with Crippen molar-refractivity contribution < 1.29 is 23.0 Å². The van der Waals surface area contributed by atoms with E-state index in [1.807, 2.05) is 0 Å². The number of hydrogen-bond donors (Lipinski definition) is 0. The molecule has 0 saturated carbocycles. The first-order valence-electron chi connectivity index (χ1n) is 5.47. The largest absolute Gasteiger partial charge is 0.496 e.